The summed E-state index contributed by atoms with van der Waals surface area (Å²) >= 11 is 0. The number of carbonyl (C=O) groups is 2. The van der Waals surface area contributed by atoms with E-state index in [4.69, 9.17) is 9.47 Å². The molecule has 0 N–H and O–H groups in total. The van der Waals surface area contributed by atoms with Crippen molar-refractivity contribution in [2.45, 2.75) is 0 Å². The summed E-state index contributed by atoms with van der Waals surface area (Å²) in [5.74, 6) is -0.413. The van der Waals surface area contributed by atoms with Gasteiger partial charge in [0.05, 0.1) is 26.6 Å². The first-order valence-corrected chi connectivity index (χ1v) is 5.75. The first-order chi connectivity index (χ1) is 9.65. The predicted molar refractivity (Wildman–Crippen MR) is 70.2 cm³/mol. The summed E-state index contributed by atoms with van der Waals surface area (Å²) in [5.41, 5.74) is 0.0989. The van der Waals surface area contributed by atoms with E-state index in [0.29, 0.717) is 11.5 Å². The fourth-order valence-corrected chi connectivity index (χ4v) is 1.50. The molecule has 0 aliphatic rings. The highest BCUT2D eigenvalue weighted by Crippen LogP contribution is 2.12. The van der Waals surface area contributed by atoms with Crippen molar-refractivity contribution < 1.29 is 19.1 Å². The van der Waals surface area contributed by atoms with Gasteiger partial charge < -0.3 is 9.47 Å². The summed E-state index contributed by atoms with van der Waals surface area (Å²) in [7, 11) is 2.98. The highest BCUT2D eigenvalue weighted by molar-refractivity contribution is 6.48. The fraction of sp³-hybridized carbons (Fsp3) is 0.143. The molecule has 0 radical (unpaired) electrons. The SMILES string of the molecule is COc1ccc(C(=O)C(=O)c2ccc(OC)cn2)nc1. The molecule has 2 rings (SSSR count). The highest BCUT2D eigenvalue weighted by Gasteiger charge is 2.20. The number of nitrogens with zero attached hydrogens (tertiary/aromatic N) is 2. The van der Waals surface area contributed by atoms with Crippen molar-refractivity contribution in [3.05, 3.63) is 48.0 Å². The number of hydrogen-bond acceptors (Lipinski definition) is 6. The molecule has 0 amide bonds. The minimum atomic E-state index is -0.717. The Balaban J connectivity index is 2.20. The standard InChI is InChI=1S/C14H12N2O4/c1-19-9-3-5-11(15-7-9)13(17)14(18)12-6-4-10(20-2)8-16-12/h3-8H,1-2H3. The first-order valence-electron chi connectivity index (χ1n) is 5.75. The van der Waals surface area contributed by atoms with Crippen molar-refractivity contribution in [2.75, 3.05) is 14.2 Å². The largest absolute Gasteiger partial charge is 0.495 e. The van der Waals surface area contributed by atoms with E-state index in [1.165, 1.54) is 38.7 Å². The second-order valence-electron chi connectivity index (χ2n) is 3.82. The Morgan fingerprint density at radius 2 is 1.20 bits per heavy atom. The van der Waals surface area contributed by atoms with Crippen LogP contribution in [0.1, 0.15) is 21.0 Å². The molecular formula is C14H12N2O4. The lowest BCUT2D eigenvalue weighted by Gasteiger charge is -2.02. The number of pyridine rings is 2. The molecule has 2 aromatic rings. The molecule has 0 spiro atoms. The Morgan fingerprint density at radius 3 is 1.45 bits per heavy atom. The summed E-state index contributed by atoms with van der Waals surface area (Å²) in [4.78, 5) is 31.7. The van der Waals surface area contributed by atoms with Crippen molar-refractivity contribution in [1.29, 1.82) is 0 Å². The second kappa shape index (κ2) is 5.92. The molecular weight excluding hydrogens is 260 g/mol. The van der Waals surface area contributed by atoms with E-state index in [2.05, 4.69) is 9.97 Å². The van der Waals surface area contributed by atoms with Gasteiger partial charge in [-0.25, -0.2) is 9.97 Å². The van der Waals surface area contributed by atoms with Gasteiger partial charge in [-0.15, -0.1) is 0 Å². The van der Waals surface area contributed by atoms with Crippen LogP contribution in [-0.4, -0.2) is 35.8 Å². The Kier molecular flexibility index (Phi) is 4.05. The summed E-state index contributed by atoms with van der Waals surface area (Å²) in [6.45, 7) is 0. The number of Topliss-reactive ketones (excluding diaryl/α,β-unsaturated/α-hetero) is 2. The lowest BCUT2D eigenvalue weighted by atomic mass is 10.1. The van der Waals surface area contributed by atoms with Gasteiger partial charge >= 0.3 is 0 Å². The van der Waals surface area contributed by atoms with Crippen molar-refractivity contribution in [3.63, 3.8) is 0 Å². The van der Waals surface area contributed by atoms with Crippen LogP contribution in [-0.2, 0) is 0 Å². The number of methoxy groups -OCH3 is 2. The molecule has 0 saturated carbocycles. The normalized spacial score (nSPS) is 9.90. The van der Waals surface area contributed by atoms with E-state index in [1.807, 2.05) is 0 Å². The number of ketones is 2. The molecule has 0 aromatic carbocycles. The smallest absolute Gasteiger partial charge is 0.253 e. The molecule has 0 aliphatic carbocycles. The van der Waals surface area contributed by atoms with E-state index in [0.717, 1.165) is 0 Å². The van der Waals surface area contributed by atoms with Crippen LogP contribution in [0.3, 0.4) is 0 Å². The van der Waals surface area contributed by atoms with Crippen LogP contribution in [0, 0.1) is 0 Å². The number of ether oxygens (including phenoxy) is 2. The van der Waals surface area contributed by atoms with Gasteiger partial charge in [0.1, 0.15) is 22.9 Å². The first kappa shape index (κ1) is 13.7. The van der Waals surface area contributed by atoms with Gasteiger partial charge in [-0.1, -0.05) is 0 Å². The number of aromatic nitrogens is 2. The molecule has 2 aromatic heterocycles. The number of carbonyl (C=O) groups excluding carboxylic acids is 2. The maximum Gasteiger partial charge on any atom is 0.253 e. The molecule has 0 bridgehead atoms. The third-order valence-corrected chi connectivity index (χ3v) is 2.62. The molecule has 6 nitrogen and oxygen atoms in total. The van der Waals surface area contributed by atoms with Crippen LogP contribution in [0.5, 0.6) is 11.5 Å². The minimum Gasteiger partial charge on any atom is -0.495 e. The molecule has 20 heavy (non-hydrogen) atoms. The van der Waals surface area contributed by atoms with Gasteiger partial charge in [0.2, 0.25) is 0 Å². The van der Waals surface area contributed by atoms with Gasteiger partial charge in [0.15, 0.2) is 0 Å². The molecule has 0 saturated heterocycles. The Hall–Kier alpha value is -2.76. The van der Waals surface area contributed by atoms with Crippen molar-refractivity contribution in [3.8, 4) is 11.5 Å². The van der Waals surface area contributed by atoms with Gasteiger partial charge in [-0.3, -0.25) is 9.59 Å². The third kappa shape index (κ3) is 2.80. The Labute approximate surface area is 115 Å². The number of rotatable bonds is 5. The Bertz CT molecular complexity index is 563. The molecule has 0 unspecified atom stereocenters. The van der Waals surface area contributed by atoms with Crippen LogP contribution in [0.4, 0.5) is 0 Å². The molecule has 2 heterocycles. The molecule has 102 valence electrons. The van der Waals surface area contributed by atoms with E-state index in [1.54, 1.807) is 12.1 Å². The highest BCUT2D eigenvalue weighted by atomic mass is 16.5. The predicted octanol–water partition coefficient (Wildman–Crippen LogP) is 1.56. The van der Waals surface area contributed by atoms with Crippen LogP contribution in [0.25, 0.3) is 0 Å². The van der Waals surface area contributed by atoms with Gasteiger partial charge in [-0.05, 0) is 24.3 Å². The second-order valence-corrected chi connectivity index (χ2v) is 3.82. The third-order valence-electron chi connectivity index (χ3n) is 2.62. The monoisotopic (exact) mass is 272 g/mol. The topological polar surface area (TPSA) is 78.4 Å². The molecule has 0 atom stereocenters. The van der Waals surface area contributed by atoms with E-state index in [-0.39, 0.29) is 11.4 Å². The van der Waals surface area contributed by atoms with Gasteiger partial charge in [0.25, 0.3) is 11.6 Å². The van der Waals surface area contributed by atoms with Gasteiger partial charge in [-0.2, -0.15) is 0 Å². The van der Waals surface area contributed by atoms with Crippen LogP contribution in [0.15, 0.2) is 36.7 Å². The lowest BCUT2D eigenvalue weighted by molar-refractivity contribution is 0.0811. The molecule has 0 aliphatic heterocycles. The average molecular weight is 272 g/mol. The maximum atomic E-state index is 12.0. The summed E-state index contributed by atoms with van der Waals surface area (Å²) in [5, 5.41) is 0. The van der Waals surface area contributed by atoms with E-state index in [9.17, 15) is 9.59 Å². The Morgan fingerprint density at radius 1 is 0.800 bits per heavy atom. The van der Waals surface area contributed by atoms with Crippen LogP contribution >= 0.6 is 0 Å². The van der Waals surface area contributed by atoms with Gasteiger partial charge in [0, 0.05) is 0 Å². The number of hydrogen-bond donors (Lipinski definition) is 0. The zero-order chi connectivity index (χ0) is 14.5. The van der Waals surface area contributed by atoms with Crippen molar-refractivity contribution in [2.24, 2.45) is 0 Å². The van der Waals surface area contributed by atoms with Crippen LogP contribution < -0.4 is 9.47 Å². The van der Waals surface area contributed by atoms with Crippen molar-refractivity contribution >= 4 is 11.6 Å². The van der Waals surface area contributed by atoms with Crippen molar-refractivity contribution in [1.82, 2.24) is 9.97 Å². The zero-order valence-corrected chi connectivity index (χ0v) is 11.0. The minimum absolute atomic E-state index is 0.0495. The molecule has 0 fully saturated rings. The summed E-state index contributed by atoms with van der Waals surface area (Å²) in [6.07, 6.45) is 2.75. The van der Waals surface area contributed by atoms with E-state index >= 15 is 0 Å². The lowest BCUT2D eigenvalue weighted by Crippen LogP contribution is -2.17. The van der Waals surface area contributed by atoms with E-state index < -0.39 is 11.6 Å². The quantitative estimate of drug-likeness (QED) is 0.607. The fourth-order valence-electron chi connectivity index (χ4n) is 1.50. The summed E-state index contributed by atoms with van der Waals surface area (Å²) in [6, 6.07) is 6.00. The zero-order valence-electron chi connectivity index (χ0n) is 11.0. The molecule has 6 heteroatoms. The van der Waals surface area contributed by atoms with Crippen LogP contribution in [0.2, 0.25) is 0 Å². The maximum absolute atomic E-state index is 12.0. The summed E-state index contributed by atoms with van der Waals surface area (Å²) < 4.78 is 9.87. The average Bonchev–Trinajstić information content (AvgIpc) is 2.53.